The van der Waals surface area contributed by atoms with Crippen LogP contribution in [-0.4, -0.2) is 48.8 Å². The van der Waals surface area contributed by atoms with Crippen LogP contribution in [0.25, 0.3) is 0 Å². The van der Waals surface area contributed by atoms with Crippen molar-refractivity contribution < 1.29 is 14.6 Å². The van der Waals surface area contributed by atoms with E-state index in [0.29, 0.717) is 18.9 Å². The molecule has 1 atom stereocenters. The maximum Gasteiger partial charge on any atom is 0.323 e. The van der Waals surface area contributed by atoms with Crippen LogP contribution < -0.4 is 0 Å². The SMILES string of the molecule is COCCCN(C)C(C)(CC(C)C)C(=O)O. The maximum absolute atomic E-state index is 11.4. The van der Waals surface area contributed by atoms with E-state index in [9.17, 15) is 9.90 Å². The van der Waals surface area contributed by atoms with E-state index in [1.54, 1.807) is 14.0 Å². The molecule has 0 saturated carbocycles. The van der Waals surface area contributed by atoms with Gasteiger partial charge in [0.05, 0.1) is 0 Å². The van der Waals surface area contributed by atoms with Crippen molar-refractivity contribution in [2.75, 3.05) is 27.3 Å². The van der Waals surface area contributed by atoms with E-state index in [2.05, 4.69) is 0 Å². The zero-order chi connectivity index (χ0) is 12.8. The molecule has 0 aromatic carbocycles. The molecule has 0 heterocycles. The van der Waals surface area contributed by atoms with Gasteiger partial charge < -0.3 is 9.84 Å². The lowest BCUT2D eigenvalue weighted by molar-refractivity contribution is -0.150. The highest BCUT2D eigenvalue weighted by molar-refractivity contribution is 5.78. The first-order valence-corrected chi connectivity index (χ1v) is 5.78. The van der Waals surface area contributed by atoms with Crippen LogP contribution in [0.5, 0.6) is 0 Å². The van der Waals surface area contributed by atoms with Crippen LogP contribution in [0.1, 0.15) is 33.6 Å². The molecule has 0 saturated heterocycles. The van der Waals surface area contributed by atoms with Crippen LogP contribution in [0.3, 0.4) is 0 Å². The monoisotopic (exact) mass is 231 g/mol. The lowest BCUT2D eigenvalue weighted by Gasteiger charge is -2.36. The summed E-state index contributed by atoms with van der Waals surface area (Å²) in [6, 6.07) is 0. The summed E-state index contributed by atoms with van der Waals surface area (Å²) in [4.78, 5) is 13.3. The first kappa shape index (κ1) is 15.4. The first-order chi connectivity index (χ1) is 7.34. The smallest absolute Gasteiger partial charge is 0.323 e. The topological polar surface area (TPSA) is 49.8 Å². The number of carbonyl (C=O) groups is 1. The minimum atomic E-state index is -0.776. The molecule has 96 valence electrons. The van der Waals surface area contributed by atoms with E-state index >= 15 is 0 Å². The quantitative estimate of drug-likeness (QED) is 0.648. The molecule has 4 nitrogen and oxygen atoms in total. The van der Waals surface area contributed by atoms with Gasteiger partial charge in [0.1, 0.15) is 5.54 Å². The fraction of sp³-hybridized carbons (Fsp3) is 0.917. The number of nitrogens with zero attached hydrogens (tertiary/aromatic N) is 1. The molecular weight excluding hydrogens is 206 g/mol. The van der Waals surface area contributed by atoms with Crippen molar-refractivity contribution >= 4 is 5.97 Å². The molecule has 4 heteroatoms. The molecule has 16 heavy (non-hydrogen) atoms. The Balaban J connectivity index is 4.44. The van der Waals surface area contributed by atoms with Gasteiger partial charge in [-0.15, -0.1) is 0 Å². The number of carboxylic acid groups (broad SMARTS) is 1. The highest BCUT2D eigenvalue weighted by Crippen LogP contribution is 2.23. The summed E-state index contributed by atoms with van der Waals surface area (Å²) in [6.45, 7) is 7.29. The van der Waals surface area contributed by atoms with E-state index in [1.807, 2.05) is 25.8 Å². The maximum atomic E-state index is 11.4. The average Bonchev–Trinajstić information content (AvgIpc) is 2.16. The summed E-state index contributed by atoms with van der Waals surface area (Å²) >= 11 is 0. The number of ether oxygens (including phenoxy) is 1. The predicted octanol–water partition coefficient (Wildman–Crippen LogP) is 1.84. The molecule has 0 fully saturated rings. The Hall–Kier alpha value is -0.610. The standard InChI is InChI=1S/C12H25NO3/c1-10(2)9-12(3,11(14)15)13(4)7-6-8-16-5/h10H,6-9H2,1-5H3,(H,14,15). The Bertz CT molecular complexity index is 218. The van der Waals surface area contributed by atoms with Gasteiger partial charge in [-0.3, -0.25) is 9.69 Å². The predicted molar refractivity (Wildman–Crippen MR) is 64.6 cm³/mol. The van der Waals surface area contributed by atoms with Gasteiger partial charge in [0.15, 0.2) is 0 Å². The van der Waals surface area contributed by atoms with E-state index in [-0.39, 0.29) is 0 Å². The normalized spacial score (nSPS) is 15.4. The minimum absolute atomic E-state index is 0.367. The molecular formula is C12H25NO3. The molecule has 0 radical (unpaired) electrons. The number of hydrogen-bond acceptors (Lipinski definition) is 3. The fourth-order valence-corrected chi connectivity index (χ4v) is 1.89. The van der Waals surface area contributed by atoms with E-state index < -0.39 is 11.5 Å². The second-order valence-corrected chi connectivity index (χ2v) is 4.94. The van der Waals surface area contributed by atoms with Gasteiger partial charge in [-0.2, -0.15) is 0 Å². The number of aliphatic carboxylic acids is 1. The molecule has 1 N–H and O–H groups in total. The fourth-order valence-electron chi connectivity index (χ4n) is 1.89. The lowest BCUT2D eigenvalue weighted by Crippen LogP contribution is -2.51. The van der Waals surface area contributed by atoms with Crippen LogP contribution in [-0.2, 0) is 9.53 Å². The van der Waals surface area contributed by atoms with Crippen molar-refractivity contribution in [1.29, 1.82) is 0 Å². The van der Waals surface area contributed by atoms with Crippen LogP contribution in [0.2, 0.25) is 0 Å². The molecule has 1 unspecified atom stereocenters. The molecule has 0 bridgehead atoms. The summed E-state index contributed by atoms with van der Waals surface area (Å²) < 4.78 is 4.97. The van der Waals surface area contributed by atoms with Crippen molar-refractivity contribution in [3.63, 3.8) is 0 Å². The van der Waals surface area contributed by atoms with Crippen molar-refractivity contribution in [1.82, 2.24) is 4.90 Å². The third-order valence-electron chi connectivity index (χ3n) is 2.95. The molecule has 0 rings (SSSR count). The zero-order valence-corrected chi connectivity index (χ0v) is 11.1. The van der Waals surface area contributed by atoms with E-state index in [4.69, 9.17) is 4.74 Å². The van der Waals surface area contributed by atoms with E-state index in [1.165, 1.54) is 0 Å². The second kappa shape index (κ2) is 6.86. The molecule has 0 aromatic rings. The molecule has 0 amide bonds. The summed E-state index contributed by atoms with van der Waals surface area (Å²) in [5.74, 6) is -0.382. The van der Waals surface area contributed by atoms with Gasteiger partial charge in [0.2, 0.25) is 0 Å². The number of hydrogen-bond donors (Lipinski definition) is 1. The van der Waals surface area contributed by atoms with Crippen molar-refractivity contribution in [2.45, 2.75) is 39.2 Å². The Morgan fingerprint density at radius 2 is 2.06 bits per heavy atom. The average molecular weight is 231 g/mol. The first-order valence-electron chi connectivity index (χ1n) is 5.78. The number of likely N-dealkylation sites (N-methyl/N-ethyl adjacent to an activating group) is 1. The zero-order valence-electron chi connectivity index (χ0n) is 11.1. The molecule has 0 spiro atoms. The summed E-state index contributed by atoms with van der Waals surface area (Å²) in [7, 11) is 3.52. The van der Waals surface area contributed by atoms with Gasteiger partial charge in [-0.25, -0.2) is 0 Å². The van der Waals surface area contributed by atoms with E-state index in [0.717, 1.165) is 13.0 Å². The largest absolute Gasteiger partial charge is 0.480 e. The molecule has 0 aromatic heterocycles. The Morgan fingerprint density at radius 3 is 2.44 bits per heavy atom. The Kier molecular flexibility index (Phi) is 6.60. The minimum Gasteiger partial charge on any atom is -0.480 e. The lowest BCUT2D eigenvalue weighted by atomic mass is 9.89. The van der Waals surface area contributed by atoms with Crippen LogP contribution >= 0.6 is 0 Å². The molecule has 0 aliphatic carbocycles. The molecule has 0 aliphatic rings. The highest BCUT2D eigenvalue weighted by atomic mass is 16.5. The van der Waals surface area contributed by atoms with Gasteiger partial charge >= 0.3 is 5.97 Å². The van der Waals surface area contributed by atoms with Crippen LogP contribution in [0.4, 0.5) is 0 Å². The van der Waals surface area contributed by atoms with Gasteiger partial charge in [-0.1, -0.05) is 13.8 Å². The summed E-state index contributed by atoms with van der Waals surface area (Å²) in [5.41, 5.74) is -0.776. The van der Waals surface area contributed by atoms with Crippen LogP contribution in [0.15, 0.2) is 0 Å². The highest BCUT2D eigenvalue weighted by Gasteiger charge is 2.37. The van der Waals surface area contributed by atoms with Gasteiger partial charge in [0.25, 0.3) is 0 Å². The summed E-state index contributed by atoms with van der Waals surface area (Å²) in [6.07, 6.45) is 1.51. The summed E-state index contributed by atoms with van der Waals surface area (Å²) in [5, 5.41) is 9.34. The molecule has 0 aliphatic heterocycles. The number of methoxy groups -OCH3 is 1. The van der Waals surface area contributed by atoms with Crippen molar-refractivity contribution in [3.05, 3.63) is 0 Å². The van der Waals surface area contributed by atoms with Crippen LogP contribution in [0, 0.1) is 5.92 Å². The van der Waals surface area contributed by atoms with Gasteiger partial charge in [0, 0.05) is 20.3 Å². The van der Waals surface area contributed by atoms with Crippen molar-refractivity contribution in [3.8, 4) is 0 Å². The van der Waals surface area contributed by atoms with Crippen molar-refractivity contribution in [2.24, 2.45) is 5.92 Å². The van der Waals surface area contributed by atoms with Gasteiger partial charge in [-0.05, 0) is 32.7 Å². The Morgan fingerprint density at radius 1 is 1.50 bits per heavy atom. The third-order valence-corrected chi connectivity index (χ3v) is 2.95. The Labute approximate surface area is 98.6 Å². The third kappa shape index (κ3) is 4.49. The number of rotatable bonds is 8. The second-order valence-electron chi connectivity index (χ2n) is 4.94. The number of carboxylic acids is 1.